The highest BCUT2D eigenvalue weighted by Crippen LogP contribution is 2.36. The van der Waals surface area contributed by atoms with Crippen LogP contribution in [0.25, 0.3) is 0 Å². The van der Waals surface area contributed by atoms with Crippen LogP contribution in [-0.2, 0) is 6.42 Å². The monoisotopic (exact) mass is 281 g/mol. The van der Waals surface area contributed by atoms with E-state index in [1.807, 2.05) is 12.1 Å². The molecular weight excluding hydrogens is 257 g/mol. The number of piperidine rings is 1. The van der Waals surface area contributed by atoms with Gasteiger partial charge in [-0.2, -0.15) is 0 Å². The first-order chi connectivity index (χ1) is 9.65. The maximum atomic E-state index is 13.7. The van der Waals surface area contributed by atoms with Gasteiger partial charge in [-0.15, -0.1) is 0 Å². The zero-order valence-corrected chi connectivity index (χ0v) is 12.5. The molecule has 1 aliphatic rings. The molecule has 112 valence electrons. The fourth-order valence-corrected chi connectivity index (χ4v) is 2.86. The lowest BCUT2D eigenvalue weighted by atomic mass is 9.89. The fourth-order valence-electron chi connectivity index (χ4n) is 2.86. The number of nitrogens with one attached hydrogen (secondary N) is 1. The van der Waals surface area contributed by atoms with Crippen LogP contribution in [0.3, 0.4) is 0 Å². The second-order valence-corrected chi connectivity index (χ2v) is 5.42. The van der Waals surface area contributed by atoms with Crippen LogP contribution in [0.1, 0.15) is 37.1 Å². The summed E-state index contributed by atoms with van der Waals surface area (Å²) >= 11 is 0. The summed E-state index contributed by atoms with van der Waals surface area (Å²) in [7, 11) is 3.21. The topological polar surface area (TPSA) is 30.5 Å². The minimum Gasteiger partial charge on any atom is -0.496 e. The van der Waals surface area contributed by atoms with Crippen molar-refractivity contribution in [1.82, 2.24) is 5.32 Å². The van der Waals surface area contributed by atoms with Crippen molar-refractivity contribution in [3.8, 4) is 11.5 Å². The van der Waals surface area contributed by atoms with E-state index in [0.29, 0.717) is 17.2 Å². The Balaban J connectivity index is 2.27. The van der Waals surface area contributed by atoms with E-state index in [-0.39, 0.29) is 0 Å². The van der Waals surface area contributed by atoms with Crippen LogP contribution in [0, 0.1) is 5.92 Å². The van der Waals surface area contributed by atoms with Crippen LogP contribution < -0.4 is 14.8 Å². The number of hydrogen-bond donors (Lipinski definition) is 1. The summed E-state index contributed by atoms with van der Waals surface area (Å²) in [6.07, 6.45) is 2.22. The van der Waals surface area contributed by atoms with Crippen molar-refractivity contribution in [2.45, 2.75) is 32.4 Å². The highest BCUT2D eigenvalue weighted by molar-refractivity contribution is 5.47. The second kappa shape index (κ2) is 6.93. The highest BCUT2D eigenvalue weighted by Gasteiger charge is 2.19. The first-order valence-corrected chi connectivity index (χ1v) is 7.25. The lowest BCUT2D eigenvalue weighted by Gasteiger charge is -2.24. The smallest absolute Gasteiger partial charge is 0.128 e. The normalized spacial score (nSPS) is 17.8. The Kier molecular flexibility index (Phi) is 5.24. The molecule has 4 heteroatoms. The average molecular weight is 281 g/mol. The van der Waals surface area contributed by atoms with E-state index in [0.717, 1.165) is 43.7 Å². The average Bonchev–Trinajstić information content (AvgIpc) is 2.47. The summed E-state index contributed by atoms with van der Waals surface area (Å²) in [5, 5.41) is 3.37. The molecule has 1 saturated heterocycles. The molecule has 0 saturated carbocycles. The van der Waals surface area contributed by atoms with Crippen LogP contribution >= 0.6 is 0 Å². The molecule has 2 rings (SSSR count). The van der Waals surface area contributed by atoms with Gasteiger partial charge < -0.3 is 14.8 Å². The predicted octanol–water partition coefficient (Wildman–Crippen LogP) is 3.28. The third-order valence-electron chi connectivity index (χ3n) is 4.03. The van der Waals surface area contributed by atoms with Crippen LogP contribution in [0.15, 0.2) is 12.1 Å². The van der Waals surface area contributed by atoms with Gasteiger partial charge in [0.25, 0.3) is 0 Å². The standard InChI is InChI=1S/C16H24FNO2/c1-11(17)14-9-13(8-12-4-6-18-7-5-12)15(19-2)10-16(14)20-3/h9-12,18H,4-8H2,1-3H3. The molecular formula is C16H24FNO2. The number of benzene rings is 1. The number of ether oxygens (including phenoxy) is 2. The van der Waals surface area contributed by atoms with E-state index in [1.54, 1.807) is 21.1 Å². The van der Waals surface area contributed by atoms with Gasteiger partial charge in [-0.1, -0.05) is 0 Å². The molecule has 1 N–H and O–H groups in total. The molecule has 0 spiro atoms. The van der Waals surface area contributed by atoms with Crippen LogP contribution in [0.4, 0.5) is 4.39 Å². The maximum Gasteiger partial charge on any atom is 0.128 e. The van der Waals surface area contributed by atoms with E-state index in [9.17, 15) is 4.39 Å². The molecule has 0 aliphatic carbocycles. The van der Waals surface area contributed by atoms with Crippen molar-refractivity contribution in [2.75, 3.05) is 27.3 Å². The Hall–Kier alpha value is -1.29. The van der Waals surface area contributed by atoms with Crippen molar-refractivity contribution in [3.05, 3.63) is 23.3 Å². The Morgan fingerprint density at radius 2 is 1.85 bits per heavy atom. The first-order valence-electron chi connectivity index (χ1n) is 7.25. The second-order valence-electron chi connectivity index (χ2n) is 5.42. The molecule has 1 fully saturated rings. The van der Waals surface area contributed by atoms with Crippen molar-refractivity contribution >= 4 is 0 Å². The predicted molar refractivity (Wildman–Crippen MR) is 78.4 cm³/mol. The van der Waals surface area contributed by atoms with E-state index >= 15 is 0 Å². The Morgan fingerprint density at radius 1 is 1.20 bits per heavy atom. The number of hydrogen-bond acceptors (Lipinski definition) is 3. The molecule has 1 aromatic rings. The molecule has 20 heavy (non-hydrogen) atoms. The van der Waals surface area contributed by atoms with Gasteiger partial charge in [0.15, 0.2) is 0 Å². The van der Waals surface area contributed by atoms with Crippen molar-refractivity contribution in [3.63, 3.8) is 0 Å². The van der Waals surface area contributed by atoms with Crippen molar-refractivity contribution in [2.24, 2.45) is 5.92 Å². The van der Waals surface area contributed by atoms with Gasteiger partial charge in [0, 0.05) is 11.6 Å². The van der Waals surface area contributed by atoms with E-state index < -0.39 is 6.17 Å². The van der Waals surface area contributed by atoms with Crippen LogP contribution in [0.5, 0.6) is 11.5 Å². The SMILES string of the molecule is COc1cc(OC)c(C(C)F)cc1CC1CCNCC1. The molecule has 1 aromatic carbocycles. The van der Waals surface area contributed by atoms with E-state index in [1.165, 1.54) is 0 Å². The molecule has 1 aliphatic heterocycles. The summed E-state index contributed by atoms with van der Waals surface area (Å²) in [5.74, 6) is 2.00. The largest absolute Gasteiger partial charge is 0.496 e. The van der Waals surface area contributed by atoms with Gasteiger partial charge in [-0.25, -0.2) is 4.39 Å². The molecule has 1 atom stereocenters. The van der Waals surface area contributed by atoms with E-state index in [4.69, 9.17) is 9.47 Å². The highest BCUT2D eigenvalue weighted by atomic mass is 19.1. The lowest BCUT2D eigenvalue weighted by molar-refractivity contribution is 0.337. The number of methoxy groups -OCH3 is 2. The van der Waals surface area contributed by atoms with Gasteiger partial charge >= 0.3 is 0 Å². The third kappa shape index (κ3) is 3.42. The Labute approximate surface area is 120 Å². The molecule has 0 amide bonds. The summed E-state index contributed by atoms with van der Waals surface area (Å²) in [5.41, 5.74) is 1.69. The number of alkyl halides is 1. The van der Waals surface area contributed by atoms with Crippen molar-refractivity contribution < 1.29 is 13.9 Å². The Bertz CT molecular complexity index is 442. The molecule has 0 bridgehead atoms. The minimum atomic E-state index is -1.04. The third-order valence-corrected chi connectivity index (χ3v) is 4.03. The van der Waals surface area contributed by atoms with Crippen molar-refractivity contribution in [1.29, 1.82) is 0 Å². The molecule has 1 unspecified atom stereocenters. The van der Waals surface area contributed by atoms with Crippen LogP contribution in [0.2, 0.25) is 0 Å². The zero-order valence-electron chi connectivity index (χ0n) is 12.5. The summed E-state index contributed by atoms with van der Waals surface area (Å²) in [4.78, 5) is 0. The molecule has 0 radical (unpaired) electrons. The lowest BCUT2D eigenvalue weighted by Crippen LogP contribution is -2.28. The summed E-state index contributed by atoms with van der Waals surface area (Å²) < 4.78 is 24.5. The number of halogens is 1. The first kappa shape index (κ1) is 15.1. The molecule has 3 nitrogen and oxygen atoms in total. The van der Waals surface area contributed by atoms with Gasteiger partial charge in [-0.3, -0.25) is 0 Å². The Morgan fingerprint density at radius 3 is 2.40 bits per heavy atom. The quantitative estimate of drug-likeness (QED) is 0.898. The maximum absolute atomic E-state index is 13.7. The van der Waals surface area contributed by atoms with Gasteiger partial charge in [0.1, 0.15) is 17.7 Å². The molecule has 1 heterocycles. The van der Waals surface area contributed by atoms with Crippen LogP contribution in [-0.4, -0.2) is 27.3 Å². The molecule has 0 aromatic heterocycles. The van der Waals surface area contributed by atoms with Gasteiger partial charge in [-0.05, 0) is 56.8 Å². The minimum absolute atomic E-state index is 0.561. The fraction of sp³-hybridized carbons (Fsp3) is 0.625. The zero-order chi connectivity index (χ0) is 14.5. The van der Waals surface area contributed by atoms with Gasteiger partial charge in [0.2, 0.25) is 0 Å². The summed E-state index contributed by atoms with van der Waals surface area (Å²) in [6, 6.07) is 3.71. The van der Waals surface area contributed by atoms with E-state index in [2.05, 4.69) is 5.32 Å². The van der Waals surface area contributed by atoms with Gasteiger partial charge in [0.05, 0.1) is 14.2 Å². The summed E-state index contributed by atoms with van der Waals surface area (Å²) in [6.45, 7) is 3.67. The number of rotatable bonds is 5.